The molecule has 1 rings (SSSR count). The van der Waals surface area contributed by atoms with Gasteiger partial charge < -0.3 is 15.0 Å². The van der Waals surface area contributed by atoms with Crippen LogP contribution in [0.25, 0.3) is 0 Å². The lowest BCUT2D eigenvalue weighted by atomic mass is 10.1. The summed E-state index contributed by atoms with van der Waals surface area (Å²) in [7, 11) is 0. The molecule has 1 N–H and O–H groups in total. The van der Waals surface area contributed by atoms with E-state index in [2.05, 4.69) is 11.4 Å². The molecule has 1 aliphatic heterocycles. The van der Waals surface area contributed by atoms with E-state index in [0.717, 1.165) is 6.42 Å². The second-order valence-corrected chi connectivity index (χ2v) is 4.29. The zero-order chi connectivity index (χ0) is 12.7. The van der Waals surface area contributed by atoms with Gasteiger partial charge in [-0.3, -0.25) is 4.79 Å². The van der Waals surface area contributed by atoms with Gasteiger partial charge >= 0.3 is 0 Å². The molecule has 0 radical (unpaired) electrons. The smallest absolute Gasteiger partial charge is 0.239 e. The van der Waals surface area contributed by atoms with E-state index in [-0.39, 0.29) is 18.0 Å². The standard InChI is InChI=1S/C12H21N3O2/c1-3-11(4-5-13)14-10(2)12(16)15-6-8-17-9-7-15/h10-11,14H,3-4,6-9H2,1-2H3. The fourth-order valence-electron chi connectivity index (χ4n) is 1.91. The lowest BCUT2D eigenvalue weighted by Gasteiger charge is -2.30. The number of carbonyl (C=O) groups excluding carboxylic acids is 1. The van der Waals surface area contributed by atoms with Gasteiger partial charge in [-0.05, 0) is 13.3 Å². The molecule has 96 valence electrons. The highest BCUT2D eigenvalue weighted by molar-refractivity contribution is 5.81. The van der Waals surface area contributed by atoms with Crippen LogP contribution in [0.15, 0.2) is 0 Å². The van der Waals surface area contributed by atoms with E-state index in [1.807, 2.05) is 18.7 Å². The highest BCUT2D eigenvalue weighted by Crippen LogP contribution is 2.04. The number of carbonyl (C=O) groups is 1. The third kappa shape index (κ3) is 4.33. The second-order valence-electron chi connectivity index (χ2n) is 4.29. The summed E-state index contributed by atoms with van der Waals surface area (Å²) in [5, 5.41) is 11.9. The number of hydrogen-bond donors (Lipinski definition) is 1. The van der Waals surface area contributed by atoms with E-state index in [9.17, 15) is 4.79 Å². The van der Waals surface area contributed by atoms with Crippen molar-refractivity contribution in [3.63, 3.8) is 0 Å². The Morgan fingerprint density at radius 1 is 1.53 bits per heavy atom. The monoisotopic (exact) mass is 239 g/mol. The lowest BCUT2D eigenvalue weighted by Crippen LogP contribution is -2.51. The normalized spacial score (nSPS) is 19.5. The number of morpholine rings is 1. The number of nitrogens with zero attached hydrogens (tertiary/aromatic N) is 2. The summed E-state index contributed by atoms with van der Waals surface area (Å²) in [6.07, 6.45) is 1.30. The molecule has 1 aliphatic rings. The summed E-state index contributed by atoms with van der Waals surface area (Å²) >= 11 is 0. The van der Waals surface area contributed by atoms with Gasteiger partial charge in [0.05, 0.1) is 31.7 Å². The van der Waals surface area contributed by atoms with Crippen molar-refractivity contribution in [2.75, 3.05) is 26.3 Å². The van der Waals surface area contributed by atoms with E-state index < -0.39 is 0 Å². The summed E-state index contributed by atoms with van der Waals surface area (Å²) in [5.74, 6) is 0.102. The van der Waals surface area contributed by atoms with Crippen molar-refractivity contribution >= 4 is 5.91 Å². The van der Waals surface area contributed by atoms with Crippen LogP contribution in [0.4, 0.5) is 0 Å². The Kier molecular flexibility index (Phi) is 5.95. The Morgan fingerprint density at radius 2 is 2.18 bits per heavy atom. The molecule has 1 heterocycles. The first-order chi connectivity index (χ1) is 8.19. The van der Waals surface area contributed by atoms with Crippen LogP contribution in [0.2, 0.25) is 0 Å². The van der Waals surface area contributed by atoms with Crippen LogP contribution in [0.1, 0.15) is 26.7 Å². The molecule has 0 aromatic heterocycles. The molecule has 0 aromatic rings. The van der Waals surface area contributed by atoms with Crippen molar-refractivity contribution < 1.29 is 9.53 Å². The van der Waals surface area contributed by atoms with E-state index in [1.165, 1.54) is 0 Å². The van der Waals surface area contributed by atoms with Crippen LogP contribution in [-0.2, 0) is 9.53 Å². The van der Waals surface area contributed by atoms with E-state index in [1.54, 1.807) is 0 Å². The average molecular weight is 239 g/mol. The number of rotatable bonds is 5. The summed E-state index contributed by atoms with van der Waals surface area (Å²) < 4.78 is 5.21. The van der Waals surface area contributed by atoms with Crippen molar-refractivity contribution in [2.45, 2.75) is 38.8 Å². The molecule has 1 amide bonds. The maximum atomic E-state index is 12.1. The van der Waals surface area contributed by atoms with Crippen molar-refractivity contribution in [3.8, 4) is 6.07 Å². The average Bonchev–Trinajstić information content (AvgIpc) is 2.38. The Bertz CT molecular complexity index is 282. The van der Waals surface area contributed by atoms with E-state index in [4.69, 9.17) is 10.00 Å². The SMILES string of the molecule is CCC(CC#N)NC(C)C(=O)N1CCOCC1. The molecule has 0 bridgehead atoms. The maximum absolute atomic E-state index is 12.1. The molecular formula is C12H21N3O2. The summed E-state index contributed by atoms with van der Waals surface area (Å²) in [6.45, 7) is 6.44. The van der Waals surface area contributed by atoms with Gasteiger partial charge in [-0.25, -0.2) is 0 Å². The highest BCUT2D eigenvalue weighted by atomic mass is 16.5. The third-order valence-corrected chi connectivity index (χ3v) is 3.01. The van der Waals surface area contributed by atoms with Gasteiger partial charge in [-0.15, -0.1) is 0 Å². The minimum atomic E-state index is -0.230. The first kappa shape index (κ1) is 13.9. The van der Waals surface area contributed by atoms with Crippen LogP contribution < -0.4 is 5.32 Å². The molecule has 1 saturated heterocycles. The highest BCUT2D eigenvalue weighted by Gasteiger charge is 2.23. The van der Waals surface area contributed by atoms with Crippen LogP contribution in [-0.4, -0.2) is 49.2 Å². The Balaban J connectivity index is 2.42. The van der Waals surface area contributed by atoms with Gasteiger partial charge in [0.1, 0.15) is 0 Å². The summed E-state index contributed by atoms with van der Waals surface area (Å²) in [4.78, 5) is 13.9. The molecule has 0 aliphatic carbocycles. The molecule has 0 saturated carbocycles. The fraction of sp³-hybridized carbons (Fsp3) is 0.833. The number of hydrogen-bond acceptors (Lipinski definition) is 4. The third-order valence-electron chi connectivity index (χ3n) is 3.01. The first-order valence-corrected chi connectivity index (χ1v) is 6.18. The van der Waals surface area contributed by atoms with Gasteiger partial charge in [0.25, 0.3) is 0 Å². The Morgan fingerprint density at radius 3 is 2.71 bits per heavy atom. The van der Waals surface area contributed by atoms with Crippen LogP contribution in [0.5, 0.6) is 0 Å². The Hall–Kier alpha value is -1.12. The lowest BCUT2D eigenvalue weighted by molar-refractivity contribution is -0.137. The van der Waals surface area contributed by atoms with Gasteiger partial charge in [-0.1, -0.05) is 6.92 Å². The first-order valence-electron chi connectivity index (χ1n) is 6.18. The molecule has 2 atom stereocenters. The summed E-state index contributed by atoms with van der Waals surface area (Å²) in [5.41, 5.74) is 0. The van der Waals surface area contributed by atoms with Crippen molar-refractivity contribution in [3.05, 3.63) is 0 Å². The van der Waals surface area contributed by atoms with Gasteiger partial charge in [0.15, 0.2) is 0 Å². The topological polar surface area (TPSA) is 65.4 Å². The number of ether oxygens (including phenoxy) is 1. The number of nitriles is 1. The van der Waals surface area contributed by atoms with E-state index >= 15 is 0 Å². The molecule has 5 heteroatoms. The molecule has 0 aromatic carbocycles. The molecule has 2 unspecified atom stereocenters. The maximum Gasteiger partial charge on any atom is 0.239 e. The number of amides is 1. The minimum absolute atomic E-state index is 0.0972. The summed E-state index contributed by atoms with van der Waals surface area (Å²) in [6, 6.07) is 2.00. The zero-order valence-corrected chi connectivity index (χ0v) is 10.6. The largest absolute Gasteiger partial charge is 0.378 e. The fourth-order valence-corrected chi connectivity index (χ4v) is 1.91. The predicted molar refractivity (Wildman–Crippen MR) is 64.3 cm³/mol. The predicted octanol–water partition coefficient (Wildman–Crippen LogP) is 0.516. The molecule has 0 spiro atoms. The van der Waals surface area contributed by atoms with Crippen molar-refractivity contribution in [1.29, 1.82) is 5.26 Å². The van der Waals surface area contributed by atoms with Gasteiger partial charge in [-0.2, -0.15) is 5.26 Å². The molecule has 17 heavy (non-hydrogen) atoms. The van der Waals surface area contributed by atoms with E-state index in [0.29, 0.717) is 32.7 Å². The molecule has 1 fully saturated rings. The van der Waals surface area contributed by atoms with Crippen LogP contribution in [0.3, 0.4) is 0 Å². The van der Waals surface area contributed by atoms with Crippen LogP contribution in [0, 0.1) is 11.3 Å². The van der Waals surface area contributed by atoms with Gasteiger partial charge in [0, 0.05) is 19.1 Å². The molecule has 5 nitrogen and oxygen atoms in total. The quantitative estimate of drug-likeness (QED) is 0.759. The van der Waals surface area contributed by atoms with Crippen LogP contribution >= 0.6 is 0 Å². The second kappa shape index (κ2) is 7.25. The van der Waals surface area contributed by atoms with Gasteiger partial charge in [0.2, 0.25) is 5.91 Å². The molecular weight excluding hydrogens is 218 g/mol. The minimum Gasteiger partial charge on any atom is -0.378 e. The number of nitrogens with one attached hydrogen (secondary N) is 1. The Labute approximate surface area is 103 Å². The van der Waals surface area contributed by atoms with Crippen molar-refractivity contribution in [1.82, 2.24) is 10.2 Å². The zero-order valence-electron chi connectivity index (χ0n) is 10.6. The van der Waals surface area contributed by atoms with Crippen molar-refractivity contribution in [2.24, 2.45) is 0 Å².